The van der Waals surface area contributed by atoms with E-state index in [1.165, 1.54) is 0 Å². The Morgan fingerprint density at radius 1 is 1.77 bits per heavy atom. The molecule has 0 aromatic rings. The second-order valence-electron chi connectivity index (χ2n) is 3.66. The van der Waals surface area contributed by atoms with Gasteiger partial charge in [0.2, 0.25) is 0 Å². The largest absolute Gasteiger partial charge is 0.481 e. The molecule has 0 amide bonds. The zero-order valence-corrected chi connectivity index (χ0v) is 7.30. The zero-order valence-electron chi connectivity index (χ0n) is 7.30. The van der Waals surface area contributed by atoms with E-state index in [4.69, 9.17) is 15.7 Å². The van der Waals surface area contributed by atoms with Gasteiger partial charge in [-0.2, -0.15) is 0 Å². The predicted molar refractivity (Wildman–Crippen MR) is 45.2 cm³/mol. The summed E-state index contributed by atoms with van der Waals surface area (Å²) in [4.78, 5) is 15.9. The summed E-state index contributed by atoms with van der Waals surface area (Å²) < 4.78 is 0. The third kappa shape index (κ3) is 1.11. The Kier molecular flexibility index (Phi) is 1.76. The number of hydrogen-bond acceptors (Lipinski definition) is 4. The van der Waals surface area contributed by atoms with Crippen molar-refractivity contribution in [1.82, 2.24) is 0 Å². The molecule has 3 N–H and O–H groups in total. The van der Waals surface area contributed by atoms with E-state index in [2.05, 4.69) is 5.16 Å². The smallest absolute Gasteiger partial charge is 0.308 e. The molecule has 2 rings (SSSR count). The average molecular weight is 184 g/mol. The van der Waals surface area contributed by atoms with Gasteiger partial charge in [0, 0.05) is 12.5 Å². The molecule has 5 nitrogen and oxygen atoms in total. The molecule has 0 bridgehead atoms. The van der Waals surface area contributed by atoms with Gasteiger partial charge < -0.3 is 15.7 Å². The first kappa shape index (κ1) is 8.50. The molecule has 5 heteroatoms. The molecule has 1 heterocycles. The lowest BCUT2D eigenvalue weighted by atomic mass is 9.95. The first-order valence-corrected chi connectivity index (χ1v) is 4.30. The summed E-state index contributed by atoms with van der Waals surface area (Å²) in [5.41, 5.74) is 6.63. The van der Waals surface area contributed by atoms with Gasteiger partial charge >= 0.3 is 5.97 Å². The quantitative estimate of drug-likeness (QED) is 0.591. The molecule has 0 aromatic heterocycles. The van der Waals surface area contributed by atoms with Gasteiger partial charge in [0.1, 0.15) is 6.10 Å². The van der Waals surface area contributed by atoms with Crippen LogP contribution in [0.2, 0.25) is 0 Å². The molecular formula is C8H12N2O3. The van der Waals surface area contributed by atoms with Crippen molar-refractivity contribution in [3.05, 3.63) is 0 Å². The average Bonchev–Trinajstić information content (AvgIpc) is 2.55. The predicted octanol–water partition coefficient (Wildman–Crippen LogP) is -0.191. The molecule has 1 aliphatic heterocycles. The van der Waals surface area contributed by atoms with Crippen molar-refractivity contribution in [2.24, 2.45) is 22.7 Å². The maximum absolute atomic E-state index is 10.8. The van der Waals surface area contributed by atoms with Gasteiger partial charge in [-0.25, -0.2) is 0 Å². The van der Waals surface area contributed by atoms with Gasteiger partial charge in [0.25, 0.3) is 0 Å². The molecule has 0 spiro atoms. The minimum Gasteiger partial charge on any atom is -0.481 e. The minimum absolute atomic E-state index is 0.00102. The summed E-state index contributed by atoms with van der Waals surface area (Å²) in [7, 11) is 0. The van der Waals surface area contributed by atoms with Crippen molar-refractivity contribution in [2.75, 3.05) is 0 Å². The van der Waals surface area contributed by atoms with Crippen molar-refractivity contribution >= 4 is 11.7 Å². The summed E-state index contributed by atoms with van der Waals surface area (Å²) in [5, 5.41) is 12.7. The third-order valence-electron chi connectivity index (χ3n) is 2.90. The van der Waals surface area contributed by atoms with Crippen molar-refractivity contribution < 1.29 is 14.7 Å². The number of carbonyl (C=O) groups is 1. The van der Waals surface area contributed by atoms with Crippen LogP contribution in [-0.2, 0) is 9.63 Å². The van der Waals surface area contributed by atoms with Crippen molar-refractivity contribution in [3.8, 4) is 0 Å². The molecule has 0 saturated heterocycles. The number of nitrogens with two attached hydrogens (primary N) is 1. The summed E-state index contributed by atoms with van der Waals surface area (Å²) in [5.74, 6) is -1.32. The third-order valence-corrected chi connectivity index (χ3v) is 2.90. The first-order chi connectivity index (χ1) is 6.11. The summed E-state index contributed by atoms with van der Waals surface area (Å²) >= 11 is 0. The molecule has 4 atom stereocenters. The van der Waals surface area contributed by atoms with E-state index < -0.39 is 11.9 Å². The van der Waals surface area contributed by atoms with Gasteiger partial charge in [0.15, 0.2) is 0 Å². The second kappa shape index (κ2) is 2.70. The van der Waals surface area contributed by atoms with Gasteiger partial charge in [-0.05, 0) is 6.92 Å². The van der Waals surface area contributed by atoms with Gasteiger partial charge in [-0.3, -0.25) is 4.79 Å². The van der Waals surface area contributed by atoms with Crippen LogP contribution in [0.25, 0.3) is 0 Å². The van der Waals surface area contributed by atoms with E-state index in [0.717, 1.165) is 5.71 Å². The normalized spacial score (nSPS) is 42.5. The Hall–Kier alpha value is -1.10. The van der Waals surface area contributed by atoms with E-state index in [9.17, 15) is 4.79 Å². The maximum Gasteiger partial charge on any atom is 0.308 e. The minimum atomic E-state index is -0.835. The fraction of sp³-hybridized carbons (Fsp3) is 0.750. The summed E-state index contributed by atoms with van der Waals surface area (Å²) in [6.45, 7) is 1.83. The Balaban J connectivity index is 2.19. The number of carboxylic acid groups (broad SMARTS) is 1. The maximum atomic E-state index is 10.8. The fourth-order valence-corrected chi connectivity index (χ4v) is 2.19. The van der Waals surface area contributed by atoms with E-state index in [1.54, 1.807) is 0 Å². The highest BCUT2D eigenvalue weighted by atomic mass is 16.6. The number of oxime groups is 1. The van der Waals surface area contributed by atoms with Gasteiger partial charge in [0.05, 0.1) is 17.5 Å². The van der Waals surface area contributed by atoms with E-state index >= 15 is 0 Å². The van der Waals surface area contributed by atoms with E-state index in [0.29, 0.717) is 6.42 Å². The lowest BCUT2D eigenvalue weighted by Crippen LogP contribution is -2.38. The van der Waals surface area contributed by atoms with Crippen LogP contribution < -0.4 is 5.73 Å². The van der Waals surface area contributed by atoms with Gasteiger partial charge in [-0.1, -0.05) is 5.16 Å². The molecule has 0 aromatic carbocycles. The molecular weight excluding hydrogens is 172 g/mol. The Labute approximate surface area is 75.5 Å². The second-order valence-corrected chi connectivity index (χ2v) is 3.66. The molecule has 0 radical (unpaired) electrons. The Bertz CT molecular complexity index is 277. The van der Waals surface area contributed by atoms with Crippen LogP contribution in [0, 0.1) is 11.8 Å². The van der Waals surface area contributed by atoms with Crippen molar-refractivity contribution in [3.63, 3.8) is 0 Å². The van der Waals surface area contributed by atoms with Crippen LogP contribution in [0.4, 0.5) is 0 Å². The number of hydrogen-bond donors (Lipinski definition) is 2. The highest BCUT2D eigenvalue weighted by Gasteiger charge is 2.50. The van der Waals surface area contributed by atoms with Crippen LogP contribution in [0.5, 0.6) is 0 Å². The lowest BCUT2D eigenvalue weighted by Gasteiger charge is -2.14. The zero-order chi connectivity index (χ0) is 9.59. The van der Waals surface area contributed by atoms with E-state index in [-0.39, 0.29) is 18.1 Å². The highest BCUT2D eigenvalue weighted by Crippen LogP contribution is 2.37. The monoisotopic (exact) mass is 184 g/mol. The number of carboxylic acids is 1. The molecule has 13 heavy (non-hydrogen) atoms. The van der Waals surface area contributed by atoms with Crippen molar-refractivity contribution in [2.45, 2.75) is 25.5 Å². The van der Waals surface area contributed by atoms with Crippen molar-refractivity contribution in [1.29, 1.82) is 0 Å². The van der Waals surface area contributed by atoms with Gasteiger partial charge in [-0.15, -0.1) is 0 Å². The molecule has 1 saturated carbocycles. The Morgan fingerprint density at radius 2 is 2.46 bits per heavy atom. The van der Waals surface area contributed by atoms with E-state index in [1.807, 2.05) is 6.92 Å². The fourth-order valence-electron chi connectivity index (χ4n) is 2.19. The summed E-state index contributed by atoms with van der Waals surface area (Å²) in [6, 6.07) is -0.353. The van der Waals surface area contributed by atoms with Crippen LogP contribution in [0.3, 0.4) is 0 Å². The number of fused-ring (bicyclic) bond motifs is 1. The lowest BCUT2D eigenvalue weighted by molar-refractivity contribution is -0.142. The van der Waals surface area contributed by atoms with Crippen LogP contribution >= 0.6 is 0 Å². The highest BCUT2D eigenvalue weighted by molar-refractivity contribution is 5.88. The molecule has 1 aliphatic carbocycles. The Morgan fingerprint density at radius 3 is 3.00 bits per heavy atom. The molecule has 72 valence electrons. The standard InChI is InChI=1S/C8H12N2O3/c1-3-6-5(13-10-3)2-4(7(6)9)8(11)12/h4-7H,2,9H2,1H3,(H,11,12)/t4-,5+,6+,7+/m1/s1. The number of nitrogens with zero attached hydrogens (tertiary/aromatic N) is 1. The number of aliphatic carboxylic acids is 1. The SMILES string of the molecule is CC1=NO[C@H]2C[C@@H](C(=O)O)[C@H](N)[C@@H]12. The van der Waals surface area contributed by atoms with Crippen LogP contribution in [-0.4, -0.2) is 28.9 Å². The first-order valence-electron chi connectivity index (χ1n) is 4.30. The molecule has 2 aliphatic rings. The molecule has 0 unspecified atom stereocenters. The molecule has 1 fully saturated rings. The number of rotatable bonds is 1. The van der Waals surface area contributed by atoms with Crippen LogP contribution in [0.1, 0.15) is 13.3 Å². The van der Waals surface area contributed by atoms with Crippen LogP contribution in [0.15, 0.2) is 5.16 Å². The summed E-state index contributed by atoms with van der Waals surface area (Å²) in [6.07, 6.45) is 0.359. The topological polar surface area (TPSA) is 84.9 Å².